The highest BCUT2D eigenvalue weighted by Gasteiger charge is 2.22. The minimum atomic E-state index is 0. The van der Waals surface area contributed by atoms with Crippen molar-refractivity contribution >= 4 is 28.4 Å². The summed E-state index contributed by atoms with van der Waals surface area (Å²) in [5.41, 5.74) is 2.82. The van der Waals surface area contributed by atoms with Crippen LogP contribution in [-0.2, 0) is 13.1 Å². The highest BCUT2D eigenvalue weighted by molar-refractivity contribution is 6.30. The van der Waals surface area contributed by atoms with E-state index in [9.17, 15) is 4.79 Å². The molecule has 0 atom stereocenters. The quantitative estimate of drug-likeness (QED) is 0.353. The summed E-state index contributed by atoms with van der Waals surface area (Å²) in [5, 5.41) is 0.632. The molecule has 0 aliphatic rings. The average Bonchev–Trinajstić information content (AvgIpc) is 2.82. The summed E-state index contributed by atoms with van der Waals surface area (Å²) < 4.78 is 4.22. The molecule has 124 valence electrons. The third-order valence-electron chi connectivity index (χ3n) is 4.02. The number of fused-ring (bicyclic) bond motifs is 1. The molecule has 0 radical (unpaired) electrons. The Labute approximate surface area is 156 Å². The Hall–Kier alpha value is -1.91. The van der Waals surface area contributed by atoms with E-state index in [0.717, 1.165) is 16.9 Å². The first-order valence-electron chi connectivity index (χ1n) is 7.49. The van der Waals surface area contributed by atoms with E-state index in [1.54, 1.807) is 24.3 Å². The third-order valence-corrected chi connectivity index (χ3v) is 4.28. The Morgan fingerprint density at radius 2 is 1.88 bits per heavy atom. The fourth-order valence-corrected chi connectivity index (χ4v) is 2.97. The number of imidazole rings is 1. The van der Waals surface area contributed by atoms with Gasteiger partial charge in [-0.15, -0.1) is 0 Å². The minimum Gasteiger partial charge on any atom is -1.00 e. The predicted molar refractivity (Wildman–Crippen MR) is 92.8 cm³/mol. The molecule has 0 bridgehead atoms. The first-order chi connectivity index (χ1) is 11.1. The maximum absolute atomic E-state index is 12.6. The van der Waals surface area contributed by atoms with Crippen molar-refractivity contribution in [3.8, 4) is 0 Å². The second kappa shape index (κ2) is 7.77. The molecule has 0 saturated heterocycles. The topological polar surface area (TPSA) is 25.9 Å². The second-order valence-electron chi connectivity index (χ2n) is 5.45. The molecule has 3 aromatic rings. The van der Waals surface area contributed by atoms with E-state index in [4.69, 9.17) is 11.6 Å². The van der Waals surface area contributed by atoms with Crippen LogP contribution < -0.4 is 21.5 Å². The molecule has 0 fully saturated rings. The molecule has 0 spiro atoms. The van der Waals surface area contributed by atoms with Crippen molar-refractivity contribution in [2.24, 2.45) is 0 Å². The number of carbonyl (C=O) groups is 1. The van der Waals surface area contributed by atoms with E-state index in [1.807, 2.05) is 31.2 Å². The number of nitrogens with zero attached hydrogens (tertiary/aromatic N) is 2. The zero-order chi connectivity index (χ0) is 16.4. The van der Waals surface area contributed by atoms with Gasteiger partial charge in [0, 0.05) is 17.5 Å². The van der Waals surface area contributed by atoms with Gasteiger partial charge in [-0.1, -0.05) is 36.4 Å². The fraction of sp³-hybridized carbons (Fsp3) is 0.158. The number of hydrogen-bond donors (Lipinski definition) is 0. The van der Waals surface area contributed by atoms with Crippen molar-refractivity contribution in [3.63, 3.8) is 0 Å². The number of benzene rings is 2. The molecule has 0 amide bonds. The number of hydrogen-bond acceptors (Lipinski definition) is 1. The van der Waals surface area contributed by atoms with Crippen molar-refractivity contribution in [2.75, 3.05) is 0 Å². The lowest BCUT2D eigenvalue weighted by molar-refractivity contribution is -0.664. The summed E-state index contributed by atoms with van der Waals surface area (Å²) in [6.45, 7) is 6.87. The van der Waals surface area contributed by atoms with E-state index in [0.29, 0.717) is 23.7 Å². The molecular formula is C19H18BrClN2O. The number of allylic oxidation sites excluding steroid dienone is 1. The maximum Gasteiger partial charge on any atom is 0.254 e. The third kappa shape index (κ3) is 3.45. The van der Waals surface area contributed by atoms with Gasteiger partial charge >= 0.3 is 0 Å². The van der Waals surface area contributed by atoms with Crippen LogP contribution in [0.1, 0.15) is 16.2 Å². The van der Waals surface area contributed by atoms with Crippen molar-refractivity contribution < 1.29 is 26.3 Å². The molecule has 0 saturated carbocycles. The molecule has 3 rings (SSSR count). The predicted octanol–water partition coefficient (Wildman–Crippen LogP) is 0.964. The van der Waals surface area contributed by atoms with Gasteiger partial charge in [-0.25, -0.2) is 9.13 Å². The molecule has 2 aromatic carbocycles. The lowest BCUT2D eigenvalue weighted by Crippen LogP contribution is -3.00. The first kappa shape index (κ1) is 18.4. The highest BCUT2D eigenvalue weighted by Crippen LogP contribution is 2.15. The summed E-state index contributed by atoms with van der Waals surface area (Å²) in [6, 6.07) is 15.1. The van der Waals surface area contributed by atoms with E-state index in [2.05, 4.69) is 21.8 Å². The van der Waals surface area contributed by atoms with Gasteiger partial charge in [0.15, 0.2) is 17.6 Å². The van der Waals surface area contributed by atoms with Crippen LogP contribution in [0.5, 0.6) is 0 Å². The molecule has 0 N–H and O–H groups in total. The lowest BCUT2D eigenvalue weighted by Gasteiger charge is -2.01. The summed E-state index contributed by atoms with van der Waals surface area (Å²) in [5.74, 6) is 1.10. The lowest BCUT2D eigenvalue weighted by atomic mass is 10.1. The van der Waals surface area contributed by atoms with Crippen LogP contribution in [0.4, 0.5) is 0 Å². The number of halogens is 2. The molecule has 1 heterocycles. The molecule has 5 heteroatoms. The van der Waals surface area contributed by atoms with Crippen LogP contribution in [-0.4, -0.2) is 10.4 Å². The van der Waals surface area contributed by atoms with Crippen LogP contribution in [0.15, 0.2) is 61.2 Å². The van der Waals surface area contributed by atoms with Crippen LogP contribution in [0.3, 0.4) is 0 Å². The molecule has 3 nitrogen and oxygen atoms in total. The Bertz CT molecular complexity index is 884. The van der Waals surface area contributed by atoms with Crippen molar-refractivity contribution in [2.45, 2.75) is 20.0 Å². The largest absolute Gasteiger partial charge is 1.00 e. The molecular weight excluding hydrogens is 388 g/mol. The van der Waals surface area contributed by atoms with Crippen LogP contribution in [0.2, 0.25) is 5.02 Å². The fourth-order valence-electron chi connectivity index (χ4n) is 2.84. The van der Waals surface area contributed by atoms with Crippen molar-refractivity contribution in [1.29, 1.82) is 0 Å². The second-order valence-corrected chi connectivity index (χ2v) is 5.89. The van der Waals surface area contributed by atoms with E-state index in [1.165, 1.54) is 0 Å². The summed E-state index contributed by atoms with van der Waals surface area (Å²) in [6.07, 6.45) is 1.87. The number of Topliss-reactive ketones (excluding diaryl/α,β-unsaturated/α-hetero) is 1. The normalized spacial score (nSPS) is 10.4. The minimum absolute atomic E-state index is 0. The average molecular weight is 406 g/mol. The van der Waals surface area contributed by atoms with E-state index >= 15 is 0 Å². The van der Waals surface area contributed by atoms with Crippen LogP contribution in [0, 0.1) is 6.92 Å². The van der Waals surface area contributed by atoms with Crippen LogP contribution in [0.25, 0.3) is 11.0 Å². The van der Waals surface area contributed by atoms with Gasteiger partial charge < -0.3 is 17.0 Å². The zero-order valence-electron chi connectivity index (χ0n) is 13.4. The smallest absolute Gasteiger partial charge is 0.254 e. The number of para-hydroxylation sites is 2. The standard InChI is InChI=1S/C19H18ClN2O.BrH/c1-3-12-21-14(2)22(18-7-5-4-6-17(18)21)13-19(23)15-8-10-16(20)11-9-15;/h3-11H,1,12-13H2,2H3;1H/q+1;/p-1. The molecule has 1 aromatic heterocycles. The summed E-state index contributed by atoms with van der Waals surface area (Å²) >= 11 is 5.89. The SMILES string of the molecule is C=CCn1c(C)[n+](CC(=O)c2ccc(Cl)cc2)c2ccccc21.[Br-]. The molecule has 0 unspecified atom stereocenters. The summed E-state index contributed by atoms with van der Waals surface area (Å²) in [7, 11) is 0. The number of ketones is 1. The Balaban J connectivity index is 0.00000208. The Morgan fingerprint density at radius 1 is 1.21 bits per heavy atom. The van der Waals surface area contributed by atoms with Gasteiger partial charge in [-0.2, -0.15) is 0 Å². The van der Waals surface area contributed by atoms with Gasteiger partial charge in [0.25, 0.3) is 5.82 Å². The first-order valence-corrected chi connectivity index (χ1v) is 7.87. The Morgan fingerprint density at radius 3 is 2.54 bits per heavy atom. The van der Waals surface area contributed by atoms with Gasteiger partial charge in [0.2, 0.25) is 5.78 Å². The number of carbonyl (C=O) groups excluding carboxylic acids is 1. The molecule has 0 aliphatic carbocycles. The van der Waals surface area contributed by atoms with Crippen molar-refractivity contribution in [1.82, 2.24) is 4.57 Å². The van der Waals surface area contributed by atoms with Crippen molar-refractivity contribution in [3.05, 3.63) is 77.6 Å². The molecule has 0 aliphatic heterocycles. The molecule has 24 heavy (non-hydrogen) atoms. The number of aromatic nitrogens is 2. The monoisotopic (exact) mass is 404 g/mol. The zero-order valence-corrected chi connectivity index (χ0v) is 15.7. The van der Waals surface area contributed by atoms with Gasteiger partial charge in [0.1, 0.15) is 6.54 Å². The Kier molecular flexibility index (Phi) is 5.97. The van der Waals surface area contributed by atoms with Gasteiger partial charge in [0.05, 0.1) is 0 Å². The van der Waals surface area contributed by atoms with E-state index in [-0.39, 0.29) is 22.8 Å². The highest BCUT2D eigenvalue weighted by atomic mass is 79.9. The number of rotatable bonds is 5. The summed E-state index contributed by atoms with van der Waals surface area (Å²) in [4.78, 5) is 12.6. The van der Waals surface area contributed by atoms with Crippen LogP contribution >= 0.6 is 11.6 Å². The van der Waals surface area contributed by atoms with E-state index < -0.39 is 0 Å². The van der Waals surface area contributed by atoms with Gasteiger partial charge in [-0.05, 0) is 36.4 Å². The maximum atomic E-state index is 12.6. The van der Waals surface area contributed by atoms with Gasteiger partial charge in [-0.3, -0.25) is 4.79 Å².